The molecule has 6 heteroatoms. The molecule has 3 heterocycles. The third kappa shape index (κ3) is 1.95. The van der Waals surface area contributed by atoms with Gasteiger partial charge in [-0.1, -0.05) is 12.1 Å². The number of aromatic nitrogens is 2. The maximum absolute atomic E-state index is 13.4. The van der Waals surface area contributed by atoms with Crippen molar-refractivity contribution in [1.29, 1.82) is 0 Å². The van der Waals surface area contributed by atoms with Gasteiger partial charge in [0.15, 0.2) is 0 Å². The van der Waals surface area contributed by atoms with Gasteiger partial charge in [0.1, 0.15) is 11.6 Å². The normalized spacial score (nSPS) is 18.3. The molecule has 130 valence electrons. The lowest BCUT2D eigenvalue weighted by Crippen LogP contribution is -2.31. The van der Waals surface area contributed by atoms with Crippen molar-refractivity contribution < 1.29 is 9.53 Å². The number of benzene rings is 2. The van der Waals surface area contributed by atoms with Gasteiger partial charge in [0.2, 0.25) is 0 Å². The number of carbonyl (C=O) groups is 1. The van der Waals surface area contributed by atoms with Gasteiger partial charge in [-0.3, -0.25) is 14.2 Å². The van der Waals surface area contributed by atoms with Crippen LogP contribution in [0.2, 0.25) is 0 Å². The molecule has 1 atom stereocenters. The standard InChI is InChI=1S/C20H17N3O3/c1-26-12-8-9-15-14(11-12)20(25)23-16-6-3-2-5-13(16)19(24)22-10-4-7-17(22)18(23)21-15/h2-3,5-6,8-9,11,17H,4,7,10H2,1H3/t17-/m0/s1. The Hall–Kier alpha value is -3.15. The summed E-state index contributed by atoms with van der Waals surface area (Å²) in [7, 11) is 1.57. The van der Waals surface area contributed by atoms with Gasteiger partial charge in [0.05, 0.1) is 35.3 Å². The van der Waals surface area contributed by atoms with Crippen LogP contribution < -0.4 is 10.3 Å². The van der Waals surface area contributed by atoms with Gasteiger partial charge < -0.3 is 9.64 Å². The van der Waals surface area contributed by atoms with Crippen molar-refractivity contribution in [2.45, 2.75) is 18.9 Å². The molecular formula is C20H17N3O3. The van der Waals surface area contributed by atoms with Crippen molar-refractivity contribution >= 4 is 16.8 Å². The summed E-state index contributed by atoms with van der Waals surface area (Å²) in [5, 5.41) is 0.488. The molecule has 0 radical (unpaired) electrons. The molecule has 5 rings (SSSR count). The van der Waals surface area contributed by atoms with Crippen LogP contribution >= 0.6 is 0 Å². The number of nitrogens with zero attached hydrogens (tertiary/aromatic N) is 3. The number of para-hydroxylation sites is 1. The van der Waals surface area contributed by atoms with Crippen molar-refractivity contribution in [1.82, 2.24) is 14.5 Å². The molecule has 0 spiro atoms. The van der Waals surface area contributed by atoms with Crippen LogP contribution in [0.3, 0.4) is 0 Å². The van der Waals surface area contributed by atoms with Crippen molar-refractivity contribution in [2.24, 2.45) is 0 Å². The van der Waals surface area contributed by atoms with Gasteiger partial charge in [0, 0.05) is 6.54 Å². The van der Waals surface area contributed by atoms with Crippen molar-refractivity contribution in [3.63, 3.8) is 0 Å². The summed E-state index contributed by atoms with van der Waals surface area (Å²) >= 11 is 0. The van der Waals surface area contributed by atoms with E-state index in [4.69, 9.17) is 9.72 Å². The predicted molar refractivity (Wildman–Crippen MR) is 96.9 cm³/mol. The molecule has 2 aliphatic rings. The van der Waals surface area contributed by atoms with Crippen molar-refractivity contribution in [2.75, 3.05) is 13.7 Å². The Morgan fingerprint density at radius 1 is 1.15 bits per heavy atom. The summed E-state index contributed by atoms with van der Waals surface area (Å²) in [6.45, 7) is 0.689. The van der Waals surface area contributed by atoms with Crippen LogP contribution in [0.15, 0.2) is 47.3 Å². The van der Waals surface area contributed by atoms with Crippen LogP contribution in [0.5, 0.6) is 5.75 Å². The summed E-state index contributed by atoms with van der Waals surface area (Å²) in [6.07, 6.45) is 1.73. The Labute approximate surface area is 149 Å². The van der Waals surface area contributed by atoms with E-state index in [-0.39, 0.29) is 17.5 Å². The molecule has 1 amide bonds. The van der Waals surface area contributed by atoms with Gasteiger partial charge in [-0.2, -0.15) is 0 Å². The van der Waals surface area contributed by atoms with Crippen LogP contribution in [0, 0.1) is 0 Å². The Morgan fingerprint density at radius 2 is 2.00 bits per heavy atom. The Morgan fingerprint density at radius 3 is 2.85 bits per heavy atom. The highest BCUT2D eigenvalue weighted by atomic mass is 16.5. The second-order valence-electron chi connectivity index (χ2n) is 6.67. The summed E-state index contributed by atoms with van der Waals surface area (Å²) in [4.78, 5) is 33.1. The van der Waals surface area contributed by atoms with Crippen molar-refractivity contribution in [3.05, 3.63) is 64.2 Å². The molecule has 3 aromatic rings. The Kier molecular flexibility index (Phi) is 3.16. The molecule has 0 unspecified atom stereocenters. The number of hydrogen-bond donors (Lipinski definition) is 0. The maximum atomic E-state index is 13.4. The fraction of sp³-hybridized carbons (Fsp3) is 0.250. The van der Waals surface area contributed by atoms with Gasteiger partial charge in [0.25, 0.3) is 11.5 Å². The third-order valence-electron chi connectivity index (χ3n) is 5.29. The molecule has 0 aliphatic carbocycles. The average Bonchev–Trinajstić information content (AvgIpc) is 3.13. The first-order chi connectivity index (χ1) is 12.7. The number of amides is 1. The zero-order valence-electron chi connectivity index (χ0n) is 14.3. The number of fused-ring (bicyclic) bond motifs is 6. The molecule has 2 aliphatic heterocycles. The lowest BCUT2D eigenvalue weighted by Gasteiger charge is -2.22. The Balaban J connectivity index is 1.92. The molecule has 2 aromatic carbocycles. The molecular weight excluding hydrogens is 330 g/mol. The zero-order valence-corrected chi connectivity index (χ0v) is 14.3. The first-order valence-electron chi connectivity index (χ1n) is 8.70. The second-order valence-corrected chi connectivity index (χ2v) is 6.67. The fourth-order valence-electron chi connectivity index (χ4n) is 4.05. The first kappa shape index (κ1) is 15.1. The number of ether oxygens (including phenoxy) is 1. The van der Waals surface area contributed by atoms with E-state index >= 15 is 0 Å². The van der Waals surface area contributed by atoms with Crippen LogP contribution in [0.25, 0.3) is 16.6 Å². The van der Waals surface area contributed by atoms with Crippen LogP contribution in [-0.4, -0.2) is 34.0 Å². The Bertz CT molecular complexity index is 1120. The van der Waals surface area contributed by atoms with E-state index in [9.17, 15) is 9.59 Å². The molecule has 26 heavy (non-hydrogen) atoms. The van der Waals surface area contributed by atoms with Gasteiger partial charge in [-0.05, 0) is 43.2 Å². The topological polar surface area (TPSA) is 64.4 Å². The minimum Gasteiger partial charge on any atom is -0.497 e. The number of methoxy groups -OCH3 is 1. The highest BCUT2D eigenvalue weighted by Gasteiger charge is 2.38. The predicted octanol–water partition coefficient (Wildman–Crippen LogP) is 2.69. The summed E-state index contributed by atoms with van der Waals surface area (Å²) in [6, 6.07) is 12.4. The number of carbonyl (C=O) groups excluding carboxylic acids is 1. The summed E-state index contributed by atoms with van der Waals surface area (Å²) in [5.74, 6) is 1.22. The van der Waals surface area contributed by atoms with E-state index in [0.29, 0.717) is 40.3 Å². The van der Waals surface area contributed by atoms with Gasteiger partial charge in [-0.15, -0.1) is 0 Å². The second kappa shape index (κ2) is 5.42. The van der Waals surface area contributed by atoms with Crippen LogP contribution in [0.4, 0.5) is 0 Å². The van der Waals surface area contributed by atoms with Crippen molar-refractivity contribution in [3.8, 4) is 11.4 Å². The monoisotopic (exact) mass is 347 g/mol. The SMILES string of the molecule is COc1ccc2nc3n(c(=O)c2c1)-c1ccccc1C(=O)N1CCC[C@@H]31. The van der Waals surface area contributed by atoms with E-state index in [1.807, 2.05) is 23.1 Å². The highest BCUT2D eigenvalue weighted by Crippen LogP contribution is 2.37. The van der Waals surface area contributed by atoms with Crippen LogP contribution in [0.1, 0.15) is 35.1 Å². The maximum Gasteiger partial charge on any atom is 0.266 e. The van der Waals surface area contributed by atoms with E-state index in [1.165, 1.54) is 0 Å². The van der Waals surface area contributed by atoms with Gasteiger partial charge >= 0.3 is 0 Å². The average molecular weight is 347 g/mol. The highest BCUT2D eigenvalue weighted by molar-refractivity contribution is 5.99. The lowest BCUT2D eigenvalue weighted by molar-refractivity contribution is 0.0736. The molecule has 0 N–H and O–H groups in total. The molecule has 0 bridgehead atoms. The zero-order chi connectivity index (χ0) is 17.8. The third-order valence-corrected chi connectivity index (χ3v) is 5.29. The molecule has 0 saturated carbocycles. The molecule has 1 fully saturated rings. The largest absolute Gasteiger partial charge is 0.497 e. The first-order valence-corrected chi connectivity index (χ1v) is 8.70. The summed E-state index contributed by atoms with van der Waals surface area (Å²) in [5.41, 5.74) is 1.60. The van der Waals surface area contributed by atoms with E-state index in [0.717, 1.165) is 12.8 Å². The minimum absolute atomic E-state index is 0.0327. The smallest absolute Gasteiger partial charge is 0.266 e. The molecule has 1 aromatic heterocycles. The number of hydrogen-bond acceptors (Lipinski definition) is 4. The molecule has 1 saturated heterocycles. The van der Waals surface area contributed by atoms with E-state index < -0.39 is 0 Å². The van der Waals surface area contributed by atoms with Crippen LogP contribution in [-0.2, 0) is 0 Å². The quantitative estimate of drug-likeness (QED) is 0.679. The number of rotatable bonds is 1. The minimum atomic E-state index is -0.172. The van der Waals surface area contributed by atoms with E-state index in [2.05, 4.69) is 0 Å². The fourth-order valence-corrected chi connectivity index (χ4v) is 4.05. The van der Waals surface area contributed by atoms with Gasteiger partial charge in [-0.25, -0.2) is 4.98 Å². The van der Waals surface area contributed by atoms with E-state index in [1.54, 1.807) is 35.9 Å². The summed E-state index contributed by atoms with van der Waals surface area (Å²) < 4.78 is 6.88. The lowest BCUT2D eigenvalue weighted by atomic mass is 10.1. The molecule has 6 nitrogen and oxygen atoms in total.